The fraction of sp³-hybridized carbons (Fsp3) is 0.167. The van der Waals surface area contributed by atoms with Gasteiger partial charge in [0.2, 0.25) is 0 Å². The fourth-order valence-corrected chi connectivity index (χ4v) is 3.57. The van der Waals surface area contributed by atoms with Crippen molar-refractivity contribution in [2.24, 2.45) is 7.05 Å². The minimum atomic E-state index is -1.21. The quantitative estimate of drug-likeness (QED) is 0.444. The Morgan fingerprint density at radius 1 is 1.06 bits per heavy atom. The van der Waals surface area contributed by atoms with E-state index in [1.807, 2.05) is 61.5 Å². The summed E-state index contributed by atoms with van der Waals surface area (Å²) in [5.74, 6) is -0.306. The Hall–Kier alpha value is -4.40. The van der Waals surface area contributed by atoms with Crippen molar-refractivity contribution in [2.45, 2.75) is 20.4 Å². The van der Waals surface area contributed by atoms with E-state index in [-0.39, 0.29) is 11.3 Å². The molecule has 9 nitrogen and oxygen atoms in total. The van der Waals surface area contributed by atoms with Crippen molar-refractivity contribution in [1.29, 1.82) is 0 Å². The first-order valence-corrected chi connectivity index (χ1v) is 10.3. The second-order valence-corrected chi connectivity index (χ2v) is 7.56. The van der Waals surface area contributed by atoms with Crippen LogP contribution in [-0.2, 0) is 13.6 Å². The molecule has 2 aromatic heterocycles. The zero-order valence-corrected chi connectivity index (χ0v) is 18.4. The van der Waals surface area contributed by atoms with Crippen LogP contribution in [0.1, 0.15) is 37.8 Å². The Labute approximate surface area is 190 Å². The van der Waals surface area contributed by atoms with Crippen molar-refractivity contribution in [3.63, 3.8) is 0 Å². The van der Waals surface area contributed by atoms with Gasteiger partial charge in [-0.3, -0.25) is 14.2 Å². The van der Waals surface area contributed by atoms with Crippen LogP contribution in [0.2, 0.25) is 0 Å². The molecular formula is C24H23N5O4. The topological polar surface area (TPSA) is 111 Å². The minimum Gasteiger partial charge on any atom is -0.478 e. The van der Waals surface area contributed by atoms with Gasteiger partial charge in [-0.25, -0.2) is 4.79 Å². The third kappa shape index (κ3) is 4.62. The summed E-state index contributed by atoms with van der Waals surface area (Å²) in [6, 6.07) is 17.2. The smallest absolute Gasteiger partial charge is 0.339 e. The zero-order chi connectivity index (χ0) is 23.5. The molecule has 0 aliphatic rings. The third-order valence-electron chi connectivity index (χ3n) is 5.21. The van der Waals surface area contributed by atoms with Gasteiger partial charge in [0.1, 0.15) is 22.8 Å². The molecule has 0 spiro atoms. The van der Waals surface area contributed by atoms with Crippen molar-refractivity contribution in [2.75, 3.05) is 5.32 Å². The van der Waals surface area contributed by atoms with Gasteiger partial charge in [-0.15, -0.1) is 0 Å². The fourth-order valence-electron chi connectivity index (χ4n) is 3.57. The number of ether oxygens (including phenoxy) is 1. The summed E-state index contributed by atoms with van der Waals surface area (Å²) >= 11 is 0. The number of hydrogen-bond donors (Lipinski definition) is 2. The van der Waals surface area contributed by atoms with Crippen LogP contribution in [0.5, 0.6) is 11.5 Å². The van der Waals surface area contributed by atoms with Crippen LogP contribution in [0.4, 0.5) is 5.69 Å². The predicted molar refractivity (Wildman–Crippen MR) is 122 cm³/mol. The molecule has 4 rings (SSSR count). The summed E-state index contributed by atoms with van der Waals surface area (Å²) in [6.45, 7) is 4.11. The Morgan fingerprint density at radius 3 is 2.52 bits per heavy atom. The number of anilines is 1. The highest BCUT2D eigenvalue weighted by Crippen LogP contribution is 2.25. The molecular weight excluding hydrogens is 422 g/mol. The van der Waals surface area contributed by atoms with Crippen molar-refractivity contribution >= 4 is 17.6 Å². The van der Waals surface area contributed by atoms with Crippen LogP contribution in [0.3, 0.4) is 0 Å². The van der Waals surface area contributed by atoms with Gasteiger partial charge in [0.25, 0.3) is 5.91 Å². The summed E-state index contributed by atoms with van der Waals surface area (Å²) in [5.41, 5.74) is 2.69. The van der Waals surface area contributed by atoms with Crippen LogP contribution in [0, 0.1) is 13.8 Å². The lowest BCUT2D eigenvalue weighted by Crippen LogP contribution is -2.20. The summed E-state index contributed by atoms with van der Waals surface area (Å²) in [6.07, 6.45) is 1.16. The van der Waals surface area contributed by atoms with E-state index in [4.69, 9.17) is 4.74 Å². The Morgan fingerprint density at radius 2 is 1.79 bits per heavy atom. The summed E-state index contributed by atoms with van der Waals surface area (Å²) in [7, 11) is 1.52. The number of nitrogens with zero attached hydrogens (tertiary/aromatic N) is 4. The van der Waals surface area contributed by atoms with E-state index in [9.17, 15) is 14.7 Å². The monoisotopic (exact) mass is 445 g/mol. The molecule has 0 radical (unpaired) electrons. The van der Waals surface area contributed by atoms with Crippen molar-refractivity contribution in [3.8, 4) is 11.5 Å². The predicted octanol–water partition coefficient (Wildman–Crippen LogP) is 4.02. The highest BCUT2D eigenvalue weighted by molar-refractivity contribution is 6.09. The molecule has 2 N–H and O–H groups in total. The van der Waals surface area contributed by atoms with Gasteiger partial charge in [-0.1, -0.05) is 30.3 Å². The van der Waals surface area contributed by atoms with E-state index in [1.165, 1.54) is 11.7 Å². The molecule has 0 atom stereocenters. The maximum atomic E-state index is 12.8. The molecule has 0 aliphatic heterocycles. The maximum absolute atomic E-state index is 12.8. The van der Waals surface area contributed by atoms with Gasteiger partial charge < -0.3 is 15.2 Å². The third-order valence-corrected chi connectivity index (χ3v) is 5.21. The van der Waals surface area contributed by atoms with Crippen LogP contribution in [0.25, 0.3) is 0 Å². The van der Waals surface area contributed by atoms with Crippen molar-refractivity contribution in [1.82, 2.24) is 19.6 Å². The molecule has 1 amide bonds. The van der Waals surface area contributed by atoms with E-state index in [0.29, 0.717) is 23.7 Å². The van der Waals surface area contributed by atoms with Gasteiger partial charge in [0.15, 0.2) is 0 Å². The van der Waals surface area contributed by atoms with Crippen LogP contribution >= 0.6 is 0 Å². The number of benzene rings is 2. The Kier molecular flexibility index (Phi) is 5.95. The number of aromatic nitrogens is 4. The van der Waals surface area contributed by atoms with E-state index in [2.05, 4.69) is 15.5 Å². The molecule has 0 unspecified atom stereocenters. The standard InChI is InChI=1S/C24H23N5O4/c1-15-21(26-23(30)22-20(24(31)32)13-25-28(22)3)16(2)29(27-15)14-17-8-7-11-19(12-17)33-18-9-5-4-6-10-18/h4-13H,14H2,1-3H3,(H,26,30)(H,31,32). The van der Waals surface area contributed by atoms with Gasteiger partial charge in [0, 0.05) is 7.05 Å². The average molecular weight is 445 g/mol. The average Bonchev–Trinajstić information content (AvgIpc) is 3.30. The normalized spacial score (nSPS) is 10.8. The highest BCUT2D eigenvalue weighted by atomic mass is 16.5. The van der Waals surface area contributed by atoms with Crippen LogP contribution < -0.4 is 10.1 Å². The molecule has 0 fully saturated rings. The largest absolute Gasteiger partial charge is 0.478 e. The number of carboxylic acids is 1. The molecule has 2 heterocycles. The maximum Gasteiger partial charge on any atom is 0.339 e. The first-order valence-electron chi connectivity index (χ1n) is 10.3. The van der Waals surface area contributed by atoms with Gasteiger partial charge in [-0.05, 0) is 43.7 Å². The lowest BCUT2D eigenvalue weighted by Gasteiger charge is -2.10. The number of aromatic carboxylic acids is 1. The SMILES string of the molecule is Cc1nn(Cc2cccc(Oc3ccccc3)c2)c(C)c1NC(=O)c1c(C(=O)O)cnn1C. The number of rotatable bonds is 7. The summed E-state index contributed by atoms with van der Waals surface area (Å²) in [5, 5.41) is 20.6. The first kappa shape index (κ1) is 21.8. The zero-order valence-electron chi connectivity index (χ0n) is 18.4. The number of aryl methyl sites for hydroxylation is 2. The minimum absolute atomic E-state index is 0.0280. The Bertz CT molecular complexity index is 1320. The number of carbonyl (C=O) groups excluding carboxylic acids is 1. The van der Waals surface area contributed by atoms with Crippen molar-refractivity contribution < 1.29 is 19.4 Å². The van der Waals surface area contributed by atoms with E-state index in [1.54, 1.807) is 11.6 Å². The van der Waals surface area contributed by atoms with E-state index < -0.39 is 11.9 Å². The van der Waals surface area contributed by atoms with Crippen LogP contribution in [-0.4, -0.2) is 36.5 Å². The van der Waals surface area contributed by atoms with Crippen molar-refractivity contribution in [3.05, 3.63) is 89.0 Å². The molecule has 2 aromatic carbocycles. The molecule has 168 valence electrons. The second kappa shape index (κ2) is 8.99. The van der Waals surface area contributed by atoms with Gasteiger partial charge in [-0.2, -0.15) is 10.2 Å². The number of carboxylic acid groups (broad SMARTS) is 1. The Balaban J connectivity index is 1.54. The van der Waals surface area contributed by atoms with E-state index in [0.717, 1.165) is 23.2 Å². The molecule has 9 heteroatoms. The number of carbonyl (C=O) groups is 2. The molecule has 0 bridgehead atoms. The molecule has 0 saturated heterocycles. The van der Waals surface area contributed by atoms with Crippen LogP contribution in [0.15, 0.2) is 60.8 Å². The van der Waals surface area contributed by atoms with Gasteiger partial charge >= 0.3 is 5.97 Å². The number of amides is 1. The molecule has 0 aliphatic carbocycles. The molecule has 0 saturated carbocycles. The number of nitrogens with one attached hydrogen (secondary N) is 1. The van der Waals surface area contributed by atoms with Gasteiger partial charge in [0.05, 0.1) is 29.8 Å². The molecule has 4 aromatic rings. The lowest BCUT2D eigenvalue weighted by molar-refractivity contribution is 0.0692. The van der Waals surface area contributed by atoms with E-state index >= 15 is 0 Å². The first-order chi connectivity index (χ1) is 15.8. The summed E-state index contributed by atoms with van der Waals surface area (Å²) in [4.78, 5) is 24.2. The number of hydrogen-bond acceptors (Lipinski definition) is 5. The highest BCUT2D eigenvalue weighted by Gasteiger charge is 2.24. The molecule has 33 heavy (non-hydrogen) atoms. The number of para-hydroxylation sites is 1. The lowest BCUT2D eigenvalue weighted by atomic mass is 10.2. The summed E-state index contributed by atoms with van der Waals surface area (Å²) < 4.78 is 8.94. The second-order valence-electron chi connectivity index (χ2n) is 7.56.